The zero-order valence-corrected chi connectivity index (χ0v) is 20.1. The summed E-state index contributed by atoms with van der Waals surface area (Å²) in [7, 11) is 3.12. The van der Waals surface area contributed by atoms with Gasteiger partial charge in [0.2, 0.25) is 5.91 Å². The maximum absolute atomic E-state index is 13.0. The van der Waals surface area contributed by atoms with Crippen molar-refractivity contribution in [1.29, 1.82) is 0 Å². The van der Waals surface area contributed by atoms with Crippen LogP contribution < -0.4 is 14.8 Å². The predicted octanol–water partition coefficient (Wildman–Crippen LogP) is 7.49. The summed E-state index contributed by atoms with van der Waals surface area (Å²) in [5.41, 5.74) is 3.58. The Morgan fingerprint density at radius 3 is 2.47 bits per heavy atom. The summed E-state index contributed by atoms with van der Waals surface area (Å²) in [6.07, 6.45) is -1.51. The van der Waals surface area contributed by atoms with Crippen LogP contribution in [-0.2, 0) is 11.0 Å². The molecule has 1 N–H and O–H groups in total. The lowest BCUT2D eigenvalue weighted by Crippen LogP contribution is -2.11. The van der Waals surface area contributed by atoms with Crippen LogP contribution in [0.1, 0.15) is 23.6 Å². The number of ether oxygens (including phenoxy) is 2. The van der Waals surface area contributed by atoms with E-state index in [4.69, 9.17) is 13.9 Å². The smallest absolute Gasteiger partial charge is 0.416 e. The van der Waals surface area contributed by atoms with Crippen molar-refractivity contribution in [3.05, 3.63) is 83.6 Å². The van der Waals surface area contributed by atoms with Gasteiger partial charge in [0.25, 0.3) is 0 Å². The molecule has 0 aliphatic carbocycles. The Balaban J connectivity index is 1.73. The average molecular weight is 495 g/mol. The number of halogens is 3. The molecule has 0 radical (unpaired) electrons. The maximum Gasteiger partial charge on any atom is 0.416 e. The number of amides is 1. The van der Waals surface area contributed by atoms with Crippen molar-refractivity contribution in [2.24, 2.45) is 0 Å². The van der Waals surface area contributed by atoms with E-state index in [-0.39, 0.29) is 5.69 Å². The maximum atomic E-state index is 13.0. The summed E-state index contributed by atoms with van der Waals surface area (Å²) in [5.74, 6) is 0.677. The first kappa shape index (κ1) is 24.9. The summed E-state index contributed by atoms with van der Waals surface area (Å²) in [4.78, 5) is 12.7. The SMILES string of the molecule is COc1cccc(-c2coc3c(C)c(OC)c(/C(C)=C/C(=O)Nc4cccc(C(F)(F)F)c4)cc23)c1. The van der Waals surface area contributed by atoms with Crippen molar-refractivity contribution in [2.45, 2.75) is 20.0 Å². The number of nitrogens with one attached hydrogen (secondary N) is 1. The average Bonchev–Trinajstić information content (AvgIpc) is 3.28. The van der Waals surface area contributed by atoms with Crippen molar-refractivity contribution >= 4 is 28.1 Å². The summed E-state index contributed by atoms with van der Waals surface area (Å²) < 4.78 is 55.9. The minimum absolute atomic E-state index is 0.0487. The van der Waals surface area contributed by atoms with E-state index in [1.54, 1.807) is 20.3 Å². The number of rotatable bonds is 6. The van der Waals surface area contributed by atoms with Crippen LogP contribution in [0.25, 0.3) is 27.7 Å². The minimum atomic E-state index is -4.50. The van der Waals surface area contributed by atoms with E-state index in [1.165, 1.54) is 25.3 Å². The van der Waals surface area contributed by atoms with Crippen LogP contribution in [0.2, 0.25) is 0 Å². The molecule has 3 aromatic carbocycles. The molecule has 0 aliphatic heterocycles. The number of benzene rings is 3. The number of allylic oxidation sites excluding steroid dienone is 1. The number of fused-ring (bicyclic) bond motifs is 1. The third-order valence-electron chi connectivity index (χ3n) is 5.86. The number of hydrogen-bond acceptors (Lipinski definition) is 4. The first-order valence-electron chi connectivity index (χ1n) is 11.0. The van der Waals surface area contributed by atoms with Crippen LogP contribution in [0.15, 0.2) is 71.4 Å². The molecule has 1 aromatic heterocycles. The van der Waals surface area contributed by atoms with Gasteiger partial charge < -0.3 is 19.2 Å². The zero-order valence-electron chi connectivity index (χ0n) is 20.1. The van der Waals surface area contributed by atoms with Crippen LogP contribution in [0.3, 0.4) is 0 Å². The molecule has 8 heteroatoms. The molecular weight excluding hydrogens is 471 g/mol. The molecule has 0 spiro atoms. The van der Waals surface area contributed by atoms with Gasteiger partial charge in [-0.05, 0) is 61.4 Å². The molecular formula is C28H24F3NO4. The Morgan fingerprint density at radius 2 is 1.78 bits per heavy atom. The fraction of sp³-hybridized carbons (Fsp3) is 0.179. The summed E-state index contributed by atoms with van der Waals surface area (Å²) in [5, 5.41) is 3.32. The summed E-state index contributed by atoms with van der Waals surface area (Å²) >= 11 is 0. The molecule has 0 atom stereocenters. The van der Waals surface area contributed by atoms with E-state index in [9.17, 15) is 18.0 Å². The second-order valence-corrected chi connectivity index (χ2v) is 8.24. The Morgan fingerprint density at radius 1 is 1.03 bits per heavy atom. The quantitative estimate of drug-likeness (QED) is 0.282. The molecule has 4 rings (SSSR count). The van der Waals surface area contributed by atoms with Gasteiger partial charge in [0, 0.05) is 33.8 Å². The third-order valence-corrected chi connectivity index (χ3v) is 5.86. The molecule has 0 bridgehead atoms. The van der Waals surface area contributed by atoms with E-state index in [0.717, 1.165) is 34.2 Å². The van der Waals surface area contributed by atoms with Gasteiger partial charge in [-0.15, -0.1) is 0 Å². The van der Waals surface area contributed by atoms with Crippen molar-refractivity contribution in [3.63, 3.8) is 0 Å². The van der Waals surface area contributed by atoms with Crippen LogP contribution in [0, 0.1) is 6.92 Å². The molecule has 0 saturated heterocycles. The van der Waals surface area contributed by atoms with Crippen LogP contribution in [0.5, 0.6) is 11.5 Å². The fourth-order valence-electron chi connectivity index (χ4n) is 4.11. The first-order valence-corrected chi connectivity index (χ1v) is 11.0. The van der Waals surface area contributed by atoms with Gasteiger partial charge in [-0.1, -0.05) is 18.2 Å². The van der Waals surface area contributed by atoms with Crippen LogP contribution in [-0.4, -0.2) is 20.1 Å². The monoisotopic (exact) mass is 495 g/mol. The number of carbonyl (C=O) groups excluding carboxylic acids is 1. The van der Waals surface area contributed by atoms with E-state index < -0.39 is 17.6 Å². The Kier molecular flexibility index (Phi) is 6.79. The molecule has 0 fully saturated rings. The highest BCUT2D eigenvalue weighted by molar-refractivity contribution is 6.06. The second-order valence-electron chi connectivity index (χ2n) is 8.24. The molecule has 1 heterocycles. The molecule has 0 saturated carbocycles. The topological polar surface area (TPSA) is 60.7 Å². The first-order chi connectivity index (χ1) is 17.1. The molecule has 5 nitrogen and oxygen atoms in total. The van der Waals surface area contributed by atoms with Gasteiger partial charge in [-0.25, -0.2) is 0 Å². The number of carbonyl (C=O) groups is 1. The zero-order chi connectivity index (χ0) is 26.0. The number of anilines is 1. The fourth-order valence-corrected chi connectivity index (χ4v) is 4.11. The van der Waals surface area contributed by atoms with E-state index in [2.05, 4.69) is 5.32 Å². The number of aryl methyl sites for hydroxylation is 1. The predicted molar refractivity (Wildman–Crippen MR) is 133 cm³/mol. The highest BCUT2D eigenvalue weighted by Crippen LogP contribution is 2.41. The number of methoxy groups -OCH3 is 2. The Bertz CT molecular complexity index is 1470. The second kappa shape index (κ2) is 9.81. The van der Waals surface area contributed by atoms with Gasteiger partial charge in [0.15, 0.2) is 0 Å². The van der Waals surface area contributed by atoms with E-state index in [1.807, 2.05) is 37.3 Å². The molecule has 186 valence electrons. The molecule has 1 amide bonds. The van der Waals surface area contributed by atoms with Crippen molar-refractivity contribution in [2.75, 3.05) is 19.5 Å². The van der Waals surface area contributed by atoms with Crippen molar-refractivity contribution in [1.82, 2.24) is 0 Å². The van der Waals surface area contributed by atoms with Gasteiger partial charge in [-0.3, -0.25) is 4.79 Å². The van der Waals surface area contributed by atoms with Gasteiger partial charge in [0.05, 0.1) is 26.0 Å². The number of furan rings is 1. The third kappa shape index (κ3) is 4.93. The van der Waals surface area contributed by atoms with E-state index >= 15 is 0 Å². The van der Waals surface area contributed by atoms with Gasteiger partial charge in [-0.2, -0.15) is 13.2 Å². The Hall–Kier alpha value is -4.20. The van der Waals surface area contributed by atoms with Crippen LogP contribution >= 0.6 is 0 Å². The molecule has 4 aromatic rings. The lowest BCUT2D eigenvalue weighted by atomic mass is 9.96. The van der Waals surface area contributed by atoms with Crippen molar-refractivity contribution in [3.8, 4) is 22.6 Å². The minimum Gasteiger partial charge on any atom is -0.497 e. The normalized spacial score (nSPS) is 12.0. The van der Waals surface area contributed by atoms with Gasteiger partial charge >= 0.3 is 6.18 Å². The molecule has 0 aliphatic rings. The number of alkyl halides is 3. The standard InChI is InChI=1S/C28H24F3NO4/c1-16(11-25(33)32-20-9-6-8-19(13-20)28(29,30)31)22-14-23-24(18-7-5-10-21(12-18)34-3)15-36-27(23)17(2)26(22)35-4/h5-15H,1-4H3,(H,32,33)/b16-11+. The number of hydrogen-bond donors (Lipinski definition) is 1. The van der Waals surface area contributed by atoms with Crippen molar-refractivity contribution < 1.29 is 31.9 Å². The lowest BCUT2D eigenvalue weighted by Gasteiger charge is -2.14. The summed E-state index contributed by atoms with van der Waals surface area (Å²) in [6, 6.07) is 13.9. The lowest BCUT2D eigenvalue weighted by molar-refractivity contribution is -0.137. The highest BCUT2D eigenvalue weighted by Gasteiger charge is 2.30. The van der Waals surface area contributed by atoms with Crippen LogP contribution in [0.4, 0.5) is 18.9 Å². The molecule has 0 unspecified atom stereocenters. The summed E-state index contributed by atoms with van der Waals surface area (Å²) in [6.45, 7) is 3.60. The largest absolute Gasteiger partial charge is 0.497 e. The van der Waals surface area contributed by atoms with Gasteiger partial charge in [0.1, 0.15) is 17.1 Å². The highest BCUT2D eigenvalue weighted by atomic mass is 19.4. The molecule has 36 heavy (non-hydrogen) atoms. The van der Waals surface area contributed by atoms with E-state index in [0.29, 0.717) is 28.2 Å². The Labute approximate surface area is 206 Å².